The van der Waals surface area contributed by atoms with E-state index in [2.05, 4.69) is 0 Å². The molecule has 0 aromatic carbocycles. The van der Waals surface area contributed by atoms with Crippen LogP contribution in [-0.4, -0.2) is 51.4 Å². The van der Waals surface area contributed by atoms with Crippen LogP contribution in [0.15, 0.2) is 0 Å². The van der Waals surface area contributed by atoms with E-state index in [4.69, 9.17) is 0 Å². The molecule has 0 saturated carbocycles. The van der Waals surface area contributed by atoms with Gasteiger partial charge in [-0.1, -0.05) is 0 Å². The fourth-order valence-corrected chi connectivity index (χ4v) is 0. The molecule has 0 aromatic rings. The molecule has 0 rings (SSSR count). The summed E-state index contributed by atoms with van der Waals surface area (Å²) >= 11 is 3.74. The summed E-state index contributed by atoms with van der Waals surface area (Å²) in [5.41, 5.74) is 0. The predicted molar refractivity (Wildman–Crippen MR) is 7.15 cm³/mol. The molecule has 0 nitrogen and oxygen atoms in total. The summed E-state index contributed by atoms with van der Waals surface area (Å²) in [4.78, 5) is 0. The van der Waals surface area contributed by atoms with Crippen molar-refractivity contribution in [2.24, 2.45) is 0 Å². The topological polar surface area (TPSA) is 0 Å². The second-order valence-electron chi connectivity index (χ2n) is 0. The van der Waals surface area contributed by atoms with Crippen molar-refractivity contribution >= 4 is 51.4 Å². The summed E-state index contributed by atoms with van der Waals surface area (Å²) < 4.78 is 0. The van der Waals surface area contributed by atoms with Crippen molar-refractivity contribution in [3.63, 3.8) is 0 Å². The molecule has 0 heterocycles. The number of hydrogen-bond acceptors (Lipinski definition) is 0. The predicted octanol–water partition coefficient (Wildman–Crippen LogP) is -0.653. The molecule has 0 amide bonds. The molecule has 0 bridgehead atoms. The Balaban J connectivity index is -0.00000000500. The van der Waals surface area contributed by atoms with Crippen LogP contribution < -0.4 is 0 Å². The van der Waals surface area contributed by atoms with E-state index in [1.54, 1.807) is 16.3 Å². The first-order chi connectivity index (χ1) is 1.00. The Morgan fingerprint density at radius 2 is 1.25 bits per heavy atom. The third-order valence-electron chi connectivity index (χ3n) is 0. The van der Waals surface area contributed by atoms with Crippen molar-refractivity contribution in [3.8, 4) is 0 Å². The molecular weight excluding hydrogens is 460 g/mol. The van der Waals surface area contributed by atoms with E-state index < -0.39 is 0 Å². The van der Waals surface area contributed by atoms with Crippen molar-refractivity contribution in [1.82, 2.24) is 0 Å². The van der Waals surface area contributed by atoms with Crippen LogP contribution in [0, 0.1) is 35.6 Å². The molecule has 0 unspecified atom stereocenters. The molecule has 1 radical (unpaired) electrons. The van der Waals surface area contributed by atoms with Crippen LogP contribution in [0.2, 0.25) is 0 Å². The zero-order valence-electron chi connectivity index (χ0n) is 1.36. The van der Waals surface area contributed by atoms with E-state index >= 15 is 0 Å². The fraction of sp³-hybridized carbons (Fsp3) is 0. The van der Waals surface area contributed by atoms with Gasteiger partial charge in [0.25, 0.3) is 0 Å². The maximum absolute atomic E-state index is 2.01. The summed E-state index contributed by atoms with van der Waals surface area (Å²) in [5, 5.41) is 0. The Morgan fingerprint density at radius 3 is 1.25 bits per heavy atom. The van der Waals surface area contributed by atoms with Gasteiger partial charge in [-0.05, 0) is 0 Å². The van der Waals surface area contributed by atoms with Gasteiger partial charge in [0.05, 0.1) is 0 Å². The fourth-order valence-electron chi connectivity index (χ4n) is 0. The summed E-state index contributed by atoms with van der Waals surface area (Å²) in [5.74, 6) is 0. The molecule has 0 spiro atoms. The second-order valence-corrected chi connectivity index (χ2v) is 0. The normalized spacial score (nSPS) is 1.25. The molecule has 0 aromatic heterocycles. The second kappa shape index (κ2) is 15.7. The third-order valence-corrected chi connectivity index (χ3v) is 0. The van der Waals surface area contributed by atoms with Crippen LogP contribution >= 0.6 is 0 Å². The van der Waals surface area contributed by atoms with E-state index in [9.17, 15) is 0 Å². The number of rotatable bonds is 0. The van der Waals surface area contributed by atoms with Gasteiger partial charge in [-0.25, -0.2) is 0 Å². The Labute approximate surface area is 116 Å². The van der Waals surface area contributed by atoms with Crippen LogP contribution in [0.25, 0.3) is 0 Å². The Kier molecular flexibility index (Phi) is 61.7. The van der Waals surface area contributed by atoms with Crippen LogP contribution in [0.3, 0.4) is 0 Å². The van der Waals surface area contributed by atoms with Crippen molar-refractivity contribution in [2.75, 3.05) is 0 Å². The zero-order chi connectivity index (χ0) is 2.00. The van der Waals surface area contributed by atoms with Gasteiger partial charge >= 0.3 is 84.6 Å². The van der Waals surface area contributed by atoms with Crippen molar-refractivity contribution in [2.45, 2.75) is 0 Å². The quantitative estimate of drug-likeness (QED) is 0.421. The van der Waals surface area contributed by atoms with Gasteiger partial charge in [0.15, 0.2) is 0 Å². The standard InChI is InChI=1S/K.La.Mo.Re.H. The van der Waals surface area contributed by atoms with Crippen molar-refractivity contribution in [1.29, 1.82) is 0 Å². The van der Waals surface area contributed by atoms with Gasteiger partial charge in [-0.2, -0.15) is 0 Å². The SMILES string of the molecule is [KH].[La].[Mo][Re]. The Bertz CT molecular complexity index is 8.00. The molecule has 18 valence electrons. The van der Waals surface area contributed by atoms with Crippen LogP contribution in [0.1, 0.15) is 0 Å². The zero-order valence-corrected chi connectivity index (χ0v) is 9.71. The Hall–Kier alpha value is 4.18. The van der Waals surface area contributed by atoms with Gasteiger partial charge in [-0.3, -0.25) is 0 Å². The first-order valence-electron chi connectivity index (χ1n) is 0.154. The maximum atomic E-state index is 2.01. The molecule has 4 heteroatoms. The average Bonchev–Trinajstić information content (AvgIpc) is 1.00. The summed E-state index contributed by atoms with van der Waals surface area (Å²) in [6.45, 7) is 0. The van der Waals surface area contributed by atoms with Crippen molar-refractivity contribution in [3.05, 3.63) is 0 Å². The third kappa shape index (κ3) is 9.49. The first kappa shape index (κ1) is 15.7. The van der Waals surface area contributed by atoms with Gasteiger partial charge in [0.1, 0.15) is 0 Å². The molecular formula is HKLaMoRe. The summed E-state index contributed by atoms with van der Waals surface area (Å²) in [6, 6.07) is 0. The van der Waals surface area contributed by atoms with E-state index in [1.807, 2.05) is 17.0 Å². The van der Waals surface area contributed by atoms with E-state index in [0.29, 0.717) is 0 Å². The average molecular weight is 461 g/mol. The first-order valence-corrected chi connectivity index (χ1v) is 7.47. The van der Waals surface area contributed by atoms with Crippen molar-refractivity contribution < 1.29 is 68.8 Å². The summed E-state index contributed by atoms with van der Waals surface area (Å²) in [6.07, 6.45) is 0. The molecule has 0 fully saturated rings. The molecule has 0 atom stereocenters. The molecule has 0 N–H and O–H groups in total. The molecule has 0 aliphatic carbocycles. The Morgan fingerprint density at radius 1 is 1.25 bits per heavy atom. The van der Waals surface area contributed by atoms with Gasteiger partial charge in [-0.15, -0.1) is 0 Å². The van der Waals surface area contributed by atoms with Gasteiger partial charge < -0.3 is 0 Å². The monoisotopic (exact) mass is 464 g/mol. The molecule has 0 aliphatic rings. The van der Waals surface area contributed by atoms with E-state index in [0.717, 1.165) is 0 Å². The van der Waals surface area contributed by atoms with Crippen LogP contribution in [0.4, 0.5) is 0 Å². The minimum absolute atomic E-state index is 0. The summed E-state index contributed by atoms with van der Waals surface area (Å²) in [7, 11) is 0. The molecule has 0 saturated heterocycles. The van der Waals surface area contributed by atoms with E-state index in [-0.39, 0.29) is 87.0 Å². The minimum atomic E-state index is 0. The van der Waals surface area contributed by atoms with E-state index in [1.165, 1.54) is 0 Å². The molecule has 0 aliphatic heterocycles. The van der Waals surface area contributed by atoms with Crippen LogP contribution in [-0.2, 0) is 33.2 Å². The number of hydrogen-bond donors (Lipinski definition) is 0. The molecule has 4 heavy (non-hydrogen) atoms. The van der Waals surface area contributed by atoms with Gasteiger partial charge in [0.2, 0.25) is 0 Å². The van der Waals surface area contributed by atoms with Gasteiger partial charge in [0, 0.05) is 35.6 Å². The van der Waals surface area contributed by atoms with Crippen LogP contribution in [0.5, 0.6) is 0 Å².